The fourth-order valence-electron chi connectivity index (χ4n) is 2.09. The van der Waals surface area contributed by atoms with Crippen LogP contribution in [0.4, 0.5) is 11.4 Å². The van der Waals surface area contributed by atoms with E-state index in [0.29, 0.717) is 11.4 Å². The van der Waals surface area contributed by atoms with Gasteiger partial charge in [-0.05, 0) is 31.9 Å². The van der Waals surface area contributed by atoms with E-state index in [0.717, 1.165) is 31.7 Å². The van der Waals surface area contributed by atoms with Gasteiger partial charge in [0.15, 0.2) is 0 Å². The molecule has 1 aromatic carbocycles. The van der Waals surface area contributed by atoms with E-state index in [1.54, 1.807) is 7.11 Å². The first-order valence-electron chi connectivity index (χ1n) is 5.94. The molecule has 1 saturated heterocycles. The first-order valence-corrected chi connectivity index (χ1v) is 5.94. The number of benzene rings is 1. The topological polar surface area (TPSA) is 56.5 Å². The first kappa shape index (κ1) is 12.0. The minimum Gasteiger partial charge on any atom is -0.495 e. The second-order valence-corrected chi connectivity index (χ2v) is 4.71. The summed E-state index contributed by atoms with van der Waals surface area (Å²) in [5.74, 6) is 0.701. The highest BCUT2D eigenvalue weighted by Gasteiger charge is 2.29. The number of anilines is 2. The lowest BCUT2D eigenvalue weighted by Gasteiger charge is -2.24. The van der Waals surface area contributed by atoms with Gasteiger partial charge < -0.3 is 20.5 Å². The van der Waals surface area contributed by atoms with Gasteiger partial charge in [-0.15, -0.1) is 0 Å². The monoisotopic (exact) mass is 236 g/mol. The number of nitrogens with one attached hydrogen (secondary N) is 1. The zero-order valence-electron chi connectivity index (χ0n) is 10.5. The van der Waals surface area contributed by atoms with Crippen LogP contribution < -0.4 is 15.8 Å². The molecule has 1 aliphatic heterocycles. The Kier molecular flexibility index (Phi) is 3.43. The van der Waals surface area contributed by atoms with Crippen molar-refractivity contribution in [1.29, 1.82) is 0 Å². The lowest BCUT2D eigenvalue weighted by molar-refractivity contribution is 0.0315. The molecule has 1 atom stereocenters. The predicted molar refractivity (Wildman–Crippen MR) is 69.5 cm³/mol. The second-order valence-electron chi connectivity index (χ2n) is 4.71. The van der Waals surface area contributed by atoms with Gasteiger partial charge in [0.1, 0.15) is 5.75 Å². The fraction of sp³-hybridized carbons (Fsp3) is 0.538. The average molecular weight is 236 g/mol. The van der Waals surface area contributed by atoms with Crippen molar-refractivity contribution in [1.82, 2.24) is 0 Å². The highest BCUT2D eigenvalue weighted by Crippen LogP contribution is 2.28. The van der Waals surface area contributed by atoms with Crippen LogP contribution in [0, 0.1) is 0 Å². The van der Waals surface area contributed by atoms with E-state index < -0.39 is 0 Å². The van der Waals surface area contributed by atoms with Crippen LogP contribution in [-0.2, 0) is 4.74 Å². The van der Waals surface area contributed by atoms with Gasteiger partial charge in [-0.2, -0.15) is 0 Å². The number of hydrogen-bond donors (Lipinski definition) is 2. The van der Waals surface area contributed by atoms with Crippen LogP contribution in [0.25, 0.3) is 0 Å². The smallest absolute Gasteiger partial charge is 0.143 e. The number of nitrogen functional groups attached to an aromatic ring is 1. The van der Waals surface area contributed by atoms with Crippen molar-refractivity contribution in [3.63, 3.8) is 0 Å². The van der Waals surface area contributed by atoms with E-state index in [-0.39, 0.29) is 5.60 Å². The summed E-state index contributed by atoms with van der Waals surface area (Å²) in [7, 11) is 1.62. The molecule has 0 radical (unpaired) electrons. The third-order valence-electron chi connectivity index (χ3n) is 3.20. The molecule has 0 amide bonds. The zero-order chi connectivity index (χ0) is 12.3. The normalized spacial score (nSPS) is 23.6. The highest BCUT2D eigenvalue weighted by atomic mass is 16.5. The summed E-state index contributed by atoms with van der Waals surface area (Å²) in [6, 6.07) is 5.71. The Morgan fingerprint density at radius 1 is 1.53 bits per heavy atom. The van der Waals surface area contributed by atoms with Crippen molar-refractivity contribution in [2.45, 2.75) is 25.4 Å². The summed E-state index contributed by atoms with van der Waals surface area (Å²) >= 11 is 0. The van der Waals surface area contributed by atoms with Crippen molar-refractivity contribution in [3.05, 3.63) is 18.2 Å². The average Bonchev–Trinajstić information content (AvgIpc) is 2.76. The van der Waals surface area contributed by atoms with Crippen LogP contribution in [0.5, 0.6) is 5.75 Å². The first-order chi connectivity index (χ1) is 8.13. The maximum atomic E-state index is 5.77. The molecular weight excluding hydrogens is 216 g/mol. The molecule has 1 fully saturated rings. The van der Waals surface area contributed by atoms with E-state index in [4.69, 9.17) is 15.2 Å². The van der Waals surface area contributed by atoms with Crippen molar-refractivity contribution in [2.75, 3.05) is 31.3 Å². The summed E-state index contributed by atoms with van der Waals surface area (Å²) in [6.07, 6.45) is 2.25. The summed E-state index contributed by atoms with van der Waals surface area (Å²) < 4.78 is 10.9. The van der Waals surface area contributed by atoms with Gasteiger partial charge in [0, 0.05) is 24.9 Å². The molecular formula is C13H20N2O2. The minimum absolute atomic E-state index is 0.0470. The molecule has 3 N–H and O–H groups in total. The van der Waals surface area contributed by atoms with Crippen LogP contribution in [0.1, 0.15) is 19.8 Å². The van der Waals surface area contributed by atoms with Crippen molar-refractivity contribution >= 4 is 11.4 Å². The number of ether oxygens (including phenoxy) is 2. The highest BCUT2D eigenvalue weighted by molar-refractivity contribution is 5.61. The molecule has 1 unspecified atom stereocenters. The second kappa shape index (κ2) is 4.84. The summed E-state index contributed by atoms with van der Waals surface area (Å²) in [6.45, 7) is 3.81. The Morgan fingerprint density at radius 2 is 2.35 bits per heavy atom. The Morgan fingerprint density at radius 3 is 3.00 bits per heavy atom. The molecule has 4 nitrogen and oxygen atoms in total. The molecule has 0 bridgehead atoms. The van der Waals surface area contributed by atoms with Gasteiger partial charge in [-0.3, -0.25) is 0 Å². The SMILES string of the molecule is COc1cc(NCC2(C)CCCO2)ccc1N. The van der Waals surface area contributed by atoms with Crippen molar-refractivity contribution in [3.8, 4) is 5.75 Å². The minimum atomic E-state index is -0.0470. The lowest BCUT2D eigenvalue weighted by Crippen LogP contribution is -2.32. The molecule has 4 heteroatoms. The van der Waals surface area contributed by atoms with E-state index >= 15 is 0 Å². The predicted octanol–water partition coefficient (Wildman–Crippen LogP) is 2.26. The number of nitrogens with two attached hydrogens (primary N) is 1. The summed E-state index contributed by atoms with van der Waals surface area (Å²) in [5.41, 5.74) is 7.38. The third-order valence-corrected chi connectivity index (χ3v) is 3.20. The number of hydrogen-bond acceptors (Lipinski definition) is 4. The third kappa shape index (κ3) is 2.82. The van der Waals surface area contributed by atoms with Gasteiger partial charge >= 0.3 is 0 Å². The van der Waals surface area contributed by atoms with E-state index in [1.165, 1.54) is 0 Å². The zero-order valence-corrected chi connectivity index (χ0v) is 10.5. The molecule has 0 aliphatic carbocycles. The van der Waals surface area contributed by atoms with Crippen LogP contribution in [-0.4, -0.2) is 25.9 Å². The Hall–Kier alpha value is -1.42. The number of rotatable bonds is 4. The molecule has 17 heavy (non-hydrogen) atoms. The van der Waals surface area contributed by atoms with E-state index in [1.807, 2.05) is 18.2 Å². The number of methoxy groups -OCH3 is 1. The standard InChI is InChI=1S/C13H20N2O2/c1-13(6-3-7-17-13)9-15-10-4-5-11(14)12(8-10)16-2/h4-5,8,15H,3,6-7,9,14H2,1-2H3. The molecule has 0 spiro atoms. The van der Waals surface area contributed by atoms with Gasteiger partial charge in [0.2, 0.25) is 0 Å². The molecule has 2 rings (SSSR count). The Bertz CT molecular complexity index is 387. The van der Waals surface area contributed by atoms with E-state index in [2.05, 4.69) is 12.2 Å². The quantitative estimate of drug-likeness (QED) is 0.787. The van der Waals surface area contributed by atoms with Gasteiger partial charge in [-0.1, -0.05) is 0 Å². The van der Waals surface area contributed by atoms with Crippen LogP contribution in [0.3, 0.4) is 0 Å². The maximum absolute atomic E-state index is 5.77. The van der Waals surface area contributed by atoms with Crippen LogP contribution in [0.2, 0.25) is 0 Å². The molecule has 1 aliphatic rings. The maximum Gasteiger partial charge on any atom is 0.143 e. The lowest BCUT2D eigenvalue weighted by atomic mass is 10.0. The van der Waals surface area contributed by atoms with Gasteiger partial charge in [0.05, 0.1) is 18.4 Å². The largest absolute Gasteiger partial charge is 0.495 e. The molecule has 1 heterocycles. The fourth-order valence-corrected chi connectivity index (χ4v) is 2.09. The molecule has 0 saturated carbocycles. The van der Waals surface area contributed by atoms with Gasteiger partial charge in [-0.25, -0.2) is 0 Å². The van der Waals surface area contributed by atoms with Crippen LogP contribution in [0.15, 0.2) is 18.2 Å². The van der Waals surface area contributed by atoms with Crippen molar-refractivity contribution in [2.24, 2.45) is 0 Å². The molecule has 0 aromatic heterocycles. The van der Waals surface area contributed by atoms with Crippen LogP contribution >= 0.6 is 0 Å². The summed E-state index contributed by atoms with van der Waals surface area (Å²) in [5, 5.41) is 3.37. The van der Waals surface area contributed by atoms with Gasteiger partial charge in [0.25, 0.3) is 0 Å². The summed E-state index contributed by atoms with van der Waals surface area (Å²) in [4.78, 5) is 0. The molecule has 94 valence electrons. The molecule has 1 aromatic rings. The van der Waals surface area contributed by atoms with E-state index in [9.17, 15) is 0 Å². The Labute approximate surface area is 102 Å². The van der Waals surface area contributed by atoms with Crippen molar-refractivity contribution < 1.29 is 9.47 Å². The Balaban J connectivity index is 1.99.